The molecule has 0 saturated carbocycles. The molecule has 20 heavy (non-hydrogen) atoms. The number of halogens is 2. The Morgan fingerprint density at radius 2 is 2.00 bits per heavy atom. The number of unbranched alkanes of at least 4 members (excludes halogenated alkanes) is 2. The van der Waals surface area contributed by atoms with Crippen LogP contribution in [0.3, 0.4) is 0 Å². The Morgan fingerprint density at radius 3 is 2.55 bits per heavy atom. The summed E-state index contributed by atoms with van der Waals surface area (Å²) >= 11 is 0. The SMILES string of the molecule is CCCCCC(F)(F)S1(=O)=PCC2N1S(=O)(CC)=[PH]2C. The monoisotopic (exact) mass is 365 g/mol. The molecule has 0 aromatic carbocycles. The minimum Gasteiger partial charge on any atom is -0.252 e. The molecule has 9 heteroatoms. The van der Waals surface area contributed by atoms with Gasteiger partial charge in [-0.1, -0.05) is 26.7 Å². The van der Waals surface area contributed by atoms with Gasteiger partial charge < -0.3 is 0 Å². The number of hydrogen-bond acceptors (Lipinski definition) is 2. The molecule has 0 radical (unpaired) electrons. The van der Waals surface area contributed by atoms with Gasteiger partial charge in [-0.2, -0.15) is 8.78 Å². The molecule has 0 saturated heterocycles. The molecule has 4 unspecified atom stereocenters. The van der Waals surface area contributed by atoms with Crippen LogP contribution in [0.5, 0.6) is 0 Å². The van der Waals surface area contributed by atoms with Gasteiger partial charge in [0.1, 0.15) is 9.30 Å². The number of rotatable bonds is 6. The highest BCUT2D eigenvalue weighted by molar-refractivity contribution is 8.41. The molecule has 0 aliphatic carbocycles. The van der Waals surface area contributed by atoms with Crippen molar-refractivity contribution >= 4 is 32.6 Å². The first-order chi connectivity index (χ1) is 9.24. The fraction of sp³-hybridized carbons (Fsp3) is 1.00. The third-order valence-corrected chi connectivity index (χ3v) is 21.5. The first-order valence-corrected chi connectivity index (χ1v) is 14.7. The predicted molar refractivity (Wildman–Crippen MR) is 87.6 cm³/mol. The zero-order valence-electron chi connectivity index (χ0n) is 12.1. The largest absolute Gasteiger partial charge is 0.330 e. The summed E-state index contributed by atoms with van der Waals surface area (Å²) in [5.74, 6) is 0.268. The minimum atomic E-state index is -3.48. The van der Waals surface area contributed by atoms with Crippen LogP contribution in [0.2, 0.25) is 0 Å². The van der Waals surface area contributed by atoms with E-state index < -0.39 is 30.5 Å². The molecule has 2 aliphatic rings. The maximum absolute atomic E-state index is 14.5. The van der Waals surface area contributed by atoms with Crippen molar-refractivity contribution in [1.82, 2.24) is 3.71 Å². The quantitative estimate of drug-likeness (QED) is 0.530. The van der Waals surface area contributed by atoms with Gasteiger partial charge in [-0.25, -0.2) is 4.21 Å². The smallest absolute Gasteiger partial charge is 0.252 e. The molecule has 0 N–H and O–H groups in total. The van der Waals surface area contributed by atoms with Crippen LogP contribution in [0.4, 0.5) is 8.78 Å². The van der Waals surface area contributed by atoms with Gasteiger partial charge in [0.25, 0.3) is 0 Å². The van der Waals surface area contributed by atoms with E-state index in [1.165, 1.54) is 3.71 Å². The summed E-state index contributed by atoms with van der Waals surface area (Å²) in [5.41, 5.74) is 0. The third-order valence-electron chi connectivity index (χ3n) is 4.04. The summed E-state index contributed by atoms with van der Waals surface area (Å²) in [5, 5.41) is -3.21. The maximum Gasteiger partial charge on any atom is 0.330 e. The Hall–Kier alpha value is 0.850. The zero-order valence-corrected chi connectivity index (χ0v) is 15.6. The zero-order chi connectivity index (χ0) is 15.2. The van der Waals surface area contributed by atoms with Crippen molar-refractivity contribution in [2.45, 2.75) is 50.6 Å². The van der Waals surface area contributed by atoms with Gasteiger partial charge in [-0.15, -0.1) is 3.71 Å². The predicted octanol–water partition coefficient (Wildman–Crippen LogP) is 3.85. The molecular weight excluding hydrogens is 342 g/mol. The first kappa shape index (κ1) is 17.2. The molecule has 2 heterocycles. The Labute approximate surface area is 123 Å². The summed E-state index contributed by atoms with van der Waals surface area (Å²) < 4.78 is 55.9. The summed E-state index contributed by atoms with van der Waals surface area (Å²) in [6.07, 6.45) is 2.11. The van der Waals surface area contributed by atoms with Crippen LogP contribution >= 0.6 is 14.1 Å². The van der Waals surface area contributed by atoms with Gasteiger partial charge in [0.2, 0.25) is 0 Å². The Bertz CT molecular complexity index is 634. The van der Waals surface area contributed by atoms with Crippen molar-refractivity contribution in [3.8, 4) is 0 Å². The van der Waals surface area contributed by atoms with Crippen molar-refractivity contribution in [3.05, 3.63) is 0 Å². The van der Waals surface area contributed by atoms with E-state index in [-0.39, 0.29) is 12.2 Å². The third kappa shape index (κ3) is 2.32. The summed E-state index contributed by atoms with van der Waals surface area (Å²) in [6, 6.07) is 0. The fourth-order valence-electron chi connectivity index (χ4n) is 2.71. The van der Waals surface area contributed by atoms with E-state index in [1.807, 2.05) is 13.6 Å². The van der Waals surface area contributed by atoms with Crippen molar-refractivity contribution < 1.29 is 17.2 Å². The molecule has 0 aromatic heterocycles. The van der Waals surface area contributed by atoms with Crippen LogP contribution in [0.1, 0.15) is 39.5 Å². The molecule has 0 fully saturated rings. The number of hydrogen-bond donors (Lipinski definition) is 0. The van der Waals surface area contributed by atoms with Crippen LogP contribution < -0.4 is 0 Å². The highest BCUT2D eigenvalue weighted by Gasteiger charge is 2.57. The molecule has 0 amide bonds. The standard InChI is InChI=1S/C11H23F2NO2P2S2/c1-4-6-7-8-11(12,13)20(16)14-10(9-17-20)18(3)19(14,15)5-2/h10,18H,4-9H2,1-3H3. The summed E-state index contributed by atoms with van der Waals surface area (Å²) in [7, 11) is -5.61. The second kappa shape index (κ2) is 5.81. The Balaban J connectivity index is 2.34. The minimum absolute atomic E-state index is 0.0846. The van der Waals surface area contributed by atoms with Gasteiger partial charge >= 0.3 is 5.25 Å². The van der Waals surface area contributed by atoms with Crippen LogP contribution in [-0.2, 0) is 18.6 Å². The Morgan fingerprint density at radius 1 is 1.35 bits per heavy atom. The van der Waals surface area contributed by atoms with Crippen molar-refractivity contribution in [1.29, 1.82) is 0 Å². The van der Waals surface area contributed by atoms with Gasteiger partial charge in [-0.3, -0.25) is 4.21 Å². The van der Waals surface area contributed by atoms with Crippen molar-refractivity contribution in [2.75, 3.05) is 18.6 Å². The molecular formula is C11H23F2NO2P2S2. The number of nitrogens with zero attached hydrogens (tertiary/aromatic N) is 1. The molecule has 0 spiro atoms. The van der Waals surface area contributed by atoms with E-state index in [2.05, 4.69) is 0 Å². The van der Waals surface area contributed by atoms with Crippen LogP contribution in [0, 0.1) is 0 Å². The van der Waals surface area contributed by atoms with E-state index in [1.54, 1.807) is 6.92 Å². The first-order valence-electron chi connectivity index (χ1n) is 7.00. The van der Waals surface area contributed by atoms with Gasteiger partial charge in [0.15, 0.2) is 0 Å². The topological polar surface area (TPSA) is 37.4 Å². The lowest BCUT2D eigenvalue weighted by Crippen LogP contribution is -2.52. The van der Waals surface area contributed by atoms with Crippen molar-refractivity contribution in [2.24, 2.45) is 0 Å². The fourth-order valence-corrected chi connectivity index (χ4v) is 23.7. The van der Waals surface area contributed by atoms with Crippen molar-refractivity contribution in [3.63, 3.8) is 0 Å². The molecule has 4 atom stereocenters. The summed E-state index contributed by atoms with van der Waals surface area (Å²) in [4.78, 5) is 0. The second-order valence-corrected chi connectivity index (χ2v) is 18.3. The molecule has 120 valence electrons. The highest BCUT2D eigenvalue weighted by atomic mass is 32.6. The lowest BCUT2D eigenvalue weighted by Gasteiger charge is -2.44. The van der Waals surface area contributed by atoms with E-state index >= 15 is 0 Å². The average molecular weight is 365 g/mol. The maximum atomic E-state index is 14.5. The lowest BCUT2D eigenvalue weighted by atomic mass is 10.2. The van der Waals surface area contributed by atoms with Gasteiger partial charge in [0.05, 0.1) is 5.78 Å². The van der Waals surface area contributed by atoms with Gasteiger partial charge in [0, 0.05) is 27.6 Å². The molecule has 2 rings (SSSR count). The average Bonchev–Trinajstić information content (AvgIpc) is 2.75. The highest BCUT2D eigenvalue weighted by Crippen LogP contribution is 2.59. The summed E-state index contributed by atoms with van der Waals surface area (Å²) in [6.45, 7) is 4.47. The van der Waals surface area contributed by atoms with Crippen LogP contribution in [-0.4, -0.2) is 41.7 Å². The lowest BCUT2D eigenvalue weighted by molar-refractivity contribution is 0.0813. The molecule has 0 bridgehead atoms. The molecule has 3 nitrogen and oxygen atoms in total. The van der Waals surface area contributed by atoms with E-state index in [0.717, 1.165) is 12.8 Å². The van der Waals surface area contributed by atoms with Crippen LogP contribution in [0.25, 0.3) is 0 Å². The molecule has 2 aliphatic heterocycles. The van der Waals surface area contributed by atoms with E-state index in [4.69, 9.17) is 0 Å². The van der Waals surface area contributed by atoms with E-state index in [9.17, 15) is 17.2 Å². The van der Waals surface area contributed by atoms with E-state index in [0.29, 0.717) is 25.7 Å². The number of fused-ring (bicyclic) bond motifs is 1. The van der Waals surface area contributed by atoms with Gasteiger partial charge in [-0.05, 0) is 27.1 Å². The van der Waals surface area contributed by atoms with Crippen LogP contribution in [0.15, 0.2) is 0 Å². The second-order valence-electron chi connectivity index (χ2n) is 5.24. The molecule has 0 aromatic rings. The normalized spacial score (nSPS) is 41.9. The number of alkyl halides is 2. The Kier molecular flexibility index (Phi) is 5.00.